The van der Waals surface area contributed by atoms with Crippen LogP contribution in [0.25, 0.3) is 10.9 Å². The number of cyclic esters (lactones) is 1. The van der Waals surface area contributed by atoms with E-state index in [0.717, 1.165) is 5.52 Å². The van der Waals surface area contributed by atoms with Crippen LogP contribution in [0.2, 0.25) is 0 Å². The van der Waals surface area contributed by atoms with Gasteiger partial charge >= 0.3 is 6.09 Å². The normalized spacial score (nSPS) is 13.7. The first-order valence-corrected chi connectivity index (χ1v) is 8.30. The predicted octanol–water partition coefficient (Wildman–Crippen LogP) is 2.19. The number of ether oxygens (including phenoxy) is 2. The predicted molar refractivity (Wildman–Crippen MR) is 98.2 cm³/mol. The van der Waals surface area contributed by atoms with Crippen LogP contribution in [0.3, 0.4) is 0 Å². The molecule has 9 nitrogen and oxygen atoms in total. The zero-order valence-electron chi connectivity index (χ0n) is 14.8. The summed E-state index contributed by atoms with van der Waals surface area (Å²) in [5.74, 6) is 0.354. The quantitative estimate of drug-likeness (QED) is 0.759. The lowest BCUT2D eigenvalue weighted by atomic mass is 10.2. The van der Waals surface area contributed by atoms with Crippen LogP contribution in [-0.4, -0.2) is 47.0 Å². The molecule has 3 heterocycles. The van der Waals surface area contributed by atoms with Crippen LogP contribution in [0, 0.1) is 0 Å². The maximum atomic E-state index is 12.7. The molecule has 0 spiro atoms. The Bertz CT molecular complexity index is 1050. The lowest BCUT2D eigenvalue weighted by Gasteiger charge is -2.14. The summed E-state index contributed by atoms with van der Waals surface area (Å²) in [6.07, 6.45) is 1.08. The molecule has 0 bridgehead atoms. The highest BCUT2D eigenvalue weighted by atomic mass is 16.6. The topological polar surface area (TPSA) is 98.6 Å². The third kappa shape index (κ3) is 2.92. The molecule has 1 saturated heterocycles. The molecule has 2 aromatic heterocycles. The van der Waals surface area contributed by atoms with Crippen LogP contribution in [-0.2, 0) is 11.8 Å². The van der Waals surface area contributed by atoms with E-state index in [2.05, 4.69) is 15.4 Å². The average Bonchev–Trinajstić information content (AvgIpc) is 3.25. The number of benzene rings is 1. The molecule has 0 unspecified atom stereocenters. The number of nitrogens with zero attached hydrogens (tertiary/aromatic N) is 4. The maximum absolute atomic E-state index is 12.7. The second-order valence-corrected chi connectivity index (χ2v) is 5.95. The molecule has 1 fully saturated rings. The van der Waals surface area contributed by atoms with Gasteiger partial charge in [-0.2, -0.15) is 5.10 Å². The number of methoxy groups -OCH3 is 1. The van der Waals surface area contributed by atoms with Crippen molar-refractivity contribution in [1.29, 1.82) is 0 Å². The maximum Gasteiger partial charge on any atom is 0.414 e. The third-order valence-electron chi connectivity index (χ3n) is 4.35. The van der Waals surface area contributed by atoms with Crippen LogP contribution in [0.5, 0.6) is 5.88 Å². The number of amides is 2. The molecular weight excluding hydrogens is 350 g/mol. The van der Waals surface area contributed by atoms with Gasteiger partial charge in [0, 0.05) is 24.9 Å². The zero-order chi connectivity index (χ0) is 19.0. The van der Waals surface area contributed by atoms with Crippen LogP contribution >= 0.6 is 0 Å². The van der Waals surface area contributed by atoms with E-state index >= 15 is 0 Å². The molecule has 0 aliphatic carbocycles. The van der Waals surface area contributed by atoms with Gasteiger partial charge in [-0.05, 0) is 18.2 Å². The number of carbonyl (C=O) groups excluding carboxylic acids is 2. The first-order valence-electron chi connectivity index (χ1n) is 8.30. The van der Waals surface area contributed by atoms with E-state index in [1.54, 1.807) is 23.9 Å². The summed E-state index contributed by atoms with van der Waals surface area (Å²) in [6.45, 7) is 0.774. The van der Waals surface area contributed by atoms with E-state index in [9.17, 15) is 9.59 Å². The van der Waals surface area contributed by atoms with Gasteiger partial charge in [0.2, 0.25) is 5.88 Å². The summed E-state index contributed by atoms with van der Waals surface area (Å²) in [6, 6.07) is 8.64. The van der Waals surface area contributed by atoms with E-state index in [0.29, 0.717) is 41.5 Å². The molecule has 3 aromatic rings. The molecule has 9 heteroatoms. The fourth-order valence-corrected chi connectivity index (χ4v) is 3.06. The van der Waals surface area contributed by atoms with Gasteiger partial charge in [-0.1, -0.05) is 6.07 Å². The molecule has 27 heavy (non-hydrogen) atoms. The first kappa shape index (κ1) is 16.8. The van der Waals surface area contributed by atoms with Gasteiger partial charge in [0.05, 0.1) is 30.2 Å². The van der Waals surface area contributed by atoms with Gasteiger partial charge in [-0.15, -0.1) is 0 Å². The van der Waals surface area contributed by atoms with E-state index in [1.165, 1.54) is 18.2 Å². The molecule has 0 atom stereocenters. The van der Waals surface area contributed by atoms with Crippen LogP contribution in [0.15, 0.2) is 36.5 Å². The number of rotatable bonds is 4. The van der Waals surface area contributed by atoms with E-state index < -0.39 is 6.09 Å². The molecule has 4 rings (SSSR count). The SMILES string of the molecule is COc1cc(C(=O)Nc2nn(C)c3cccc(N4CCOC4=O)c23)ccn1. The van der Waals surface area contributed by atoms with Crippen molar-refractivity contribution >= 4 is 34.4 Å². The number of aromatic nitrogens is 3. The summed E-state index contributed by atoms with van der Waals surface area (Å²) < 4.78 is 11.8. The largest absolute Gasteiger partial charge is 0.481 e. The zero-order valence-corrected chi connectivity index (χ0v) is 14.8. The first-order chi connectivity index (χ1) is 13.1. The van der Waals surface area contributed by atoms with Crippen LogP contribution in [0.1, 0.15) is 10.4 Å². The lowest BCUT2D eigenvalue weighted by molar-refractivity contribution is 0.102. The Balaban J connectivity index is 1.75. The molecule has 1 aliphatic heterocycles. The molecule has 0 radical (unpaired) electrons. The molecule has 1 N–H and O–H groups in total. The summed E-state index contributed by atoms with van der Waals surface area (Å²) >= 11 is 0. The lowest BCUT2D eigenvalue weighted by Crippen LogP contribution is -2.23. The standard InChI is InChI=1S/C18H17N5O4/c1-22-12-4-3-5-13(23-8-9-27-18(23)25)15(12)16(21-22)20-17(24)11-6-7-19-14(10-11)26-2/h3-7,10H,8-9H2,1-2H3,(H,20,21,24). The van der Waals surface area contributed by atoms with Gasteiger partial charge in [0.25, 0.3) is 5.91 Å². The number of hydrogen-bond acceptors (Lipinski definition) is 6. The van der Waals surface area contributed by atoms with E-state index in [1.807, 2.05) is 18.2 Å². The highest BCUT2D eigenvalue weighted by molar-refractivity contribution is 6.12. The van der Waals surface area contributed by atoms with Crippen LogP contribution in [0.4, 0.5) is 16.3 Å². The second-order valence-electron chi connectivity index (χ2n) is 5.95. The minimum atomic E-state index is -0.414. The number of pyridine rings is 1. The molecular formula is C18H17N5O4. The number of hydrogen-bond donors (Lipinski definition) is 1. The number of nitrogens with one attached hydrogen (secondary N) is 1. The van der Waals surface area contributed by atoms with Crippen LogP contribution < -0.4 is 15.0 Å². The molecule has 1 aromatic carbocycles. The fraction of sp³-hybridized carbons (Fsp3) is 0.222. The molecule has 1 aliphatic rings. The number of anilines is 2. The van der Waals surface area contributed by atoms with E-state index in [4.69, 9.17) is 9.47 Å². The van der Waals surface area contributed by atoms with Gasteiger partial charge in [-0.25, -0.2) is 9.78 Å². The second kappa shape index (κ2) is 6.60. The van der Waals surface area contributed by atoms with Gasteiger partial charge in [0.1, 0.15) is 6.61 Å². The Hall–Kier alpha value is -3.62. The van der Waals surface area contributed by atoms with Crippen molar-refractivity contribution in [3.8, 4) is 5.88 Å². The van der Waals surface area contributed by atoms with Gasteiger partial charge < -0.3 is 14.8 Å². The Labute approximate surface area is 154 Å². The van der Waals surface area contributed by atoms with Gasteiger partial charge in [0.15, 0.2) is 5.82 Å². The average molecular weight is 367 g/mol. The van der Waals surface area contributed by atoms with Crippen molar-refractivity contribution in [2.45, 2.75) is 0 Å². The fourth-order valence-electron chi connectivity index (χ4n) is 3.06. The van der Waals surface area contributed by atoms with E-state index in [-0.39, 0.29) is 5.91 Å². The smallest absolute Gasteiger partial charge is 0.414 e. The summed E-state index contributed by atoms with van der Waals surface area (Å²) in [4.78, 5) is 30.2. The third-order valence-corrected chi connectivity index (χ3v) is 4.35. The highest BCUT2D eigenvalue weighted by Gasteiger charge is 2.27. The minimum Gasteiger partial charge on any atom is -0.481 e. The van der Waals surface area contributed by atoms with Gasteiger partial charge in [-0.3, -0.25) is 14.4 Å². The molecule has 138 valence electrons. The molecule has 2 amide bonds. The monoisotopic (exact) mass is 367 g/mol. The molecule has 0 saturated carbocycles. The Morgan fingerprint density at radius 2 is 2.19 bits per heavy atom. The van der Waals surface area contributed by atoms with Crippen molar-refractivity contribution in [3.05, 3.63) is 42.1 Å². The number of carbonyl (C=O) groups is 2. The van der Waals surface area contributed by atoms with Crippen molar-refractivity contribution < 1.29 is 19.1 Å². The van der Waals surface area contributed by atoms with Crippen molar-refractivity contribution in [3.63, 3.8) is 0 Å². The Morgan fingerprint density at radius 1 is 1.33 bits per heavy atom. The summed E-state index contributed by atoms with van der Waals surface area (Å²) in [5, 5.41) is 7.91. The van der Waals surface area contributed by atoms with Crippen molar-refractivity contribution in [2.75, 3.05) is 30.5 Å². The van der Waals surface area contributed by atoms with Crippen molar-refractivity contribution in [2.24, 2.45) is 7.05 Å². The summed E-state index contributed by atoms with van der Waals surface area (Å²) in [5.41, 5.74) is 1.82. The number of aryl methyl sites for hydroxylation is 1. The summed E-state index contributed by atoms with van der Waals surface area (Å²) in [7, 11) is 3.26. The minimum absolute atomic E-state index is 0.327. The Kier molecular flexibility index (Phi) is 4.11. The van der Waals surface area contributed by atoms with Crippen molar-refractivity contribution in [1.82, 2.24) is 14.8 Å². The number of fused-ring (bicyclic) bond motifs is 1. The highest BCUT2D eigenvalue weighted by Crippen LogP contribution is 2.34. The Morgan fingerprint density at radius 3 is 2.93 bits per heavy atom.